The van der Waals surface area contributed by atoms with Crippen LogP contribution in [0.4, 0.5) is 0 Å². The van der Waals surface area contributed by atoms with Crippen LogP contribution in [0.25, 0.3) is 0 Å². The van der Waals surface area contributed by atoms with Crippen molar-refractivity contribution >= 4 is 17.1 Å². The van der Waals surface area contributed by atoms with Crippen LogP contribution in [0, 0.1) is 0 Å². The zero-order chi connectivity index (χ0) is 9.10. The van der Waals surface area contributed by atoms with E-state index in [0.29, 0.717) is 5.82 Å². The molecule has 0 radical (unpaired) electrons. The van der Waals surface area contributed by atoms with Crippen molar-refractivity contribution in [2.75, 3.05) is 0 Å². The van der Waals surface area contributed by atoms with Gasteiger partial charge in [-0.2, -0.15) is 5.10 Å². The van der Waals surface area contributed by atoms with E-state index in [-0.39, 0.29) is 12.2 Å². The highest BCUT2D eigenvalue weighted by Gasteiger charge is 2.09. The summed E-state index contributed by atoms with van der Waals surface area (Å²) in [6, 6.07) is 3.66. The van der Waals surface area contributed by atoms with Gasteiger partial charge in [0.05, 0.1) is 11.3 Å². The minimum absolute atomic E-state index is 0.0644. The number of carbonyl (C=O) groups is 1. The SMILES string of the molecule is O=C(Cc1nc[nH]n1)c1cccs1. The smallest absolute Gasteiger partial charge is 0.180 e. The predicted molar refractivity (Wildman–Crippen MR) is 48.7 cm³/mol. The van der Waals surface area contributed by atoms with Crippen LogP contribution in [0.1, 0.15) is 15.5 Å². The average Bonchev–Trinajstić information content (AvgIpc) is 2.74. The summed E-state index contributed by atoms with van der Waals surface area (Å²) < 4.78 is 0. The number of ketones is 1. The first-order valence-electron chi connectivity index (χ1n) is 3.77. The Kier molecular flexibility index (Phi) is 2.18. The molecule has 2 heterocycles. The lowest BCUT2D eigenvalue weighted by atomic mass is 10.2. The third-order valence-corrected chi connectivity index (χ3v) is 2.49. The Morgan fingerprint density at radius 1 is 1.62 bits per heavy atom. The molecule has 0 fully saturated rings. The van der Waals surface area contributed by atoms with Crippen LogP contribution in [0.5, 0.6) is 0 Å². The van der Waals surface area contributed by atoms with Crippen LogP contribution >= 0.6 is 11.3 Å². The minimum atomic E-state index is 0.0644. The lowest BCUT2D eigenvalue weighted by molar-refractivity contribution is 0.0995. The van der Waals surface area contributed by atoms with Crippen molar-refractivity contribution < 1.29 is 4.79 Å². The van der Waals surface area contributed by atoms with Gasteiger partial charge in [0.1, 0.15) is 6.33 Å². The first kappa shape index (κ1) is 8.12. The normalized spacial score (nSPS) is 10.2. The predicted octanol–water partition coefficient (Wildman–Crippen LogP) is 1.29. The van der Waals surface area contributed by atoms with E-state index in [2.05, 4.69) is 15.2 Å². The fraction of sp³-hybridized carbons (Fsp3) is 0.125. The molecule has 66 valence electrons. The zero-order valence-electron chi connectivity index (χ0n) is 6.73. The van der Waals surface area contributed by atoms with Crippen LogP contribution in [0.2, 0.25) is 0 Å². The van der Waals surface area contributed by atoms with E-state index in [0.717, 1.165) is 4.88 Å². The topological polar surface area (TPSA) is 58.6 Å². The molecule has 1 N–H and O–H groups in total. The molecule has 0 spiro atoms. The maximum atomic E-state index is 11.5. The minimum Gasteiger partial charge on any atom is -0.293 e. The van der Waals surface area contributed by atoms with Gasteiger partial charge in [-0.05, 0) is 11.4 Å². The Bertz CT molecular complexity index is 379. The third kappa shape index (κ3) is 1.81. The fourth-order valence-electron chi connectivity index (χ4n) is 0.989. The standard InChI is InChI=1S/C8H7N3OS/c12-6(7-2-1-3-13-7)4-8-9-5-10-11-8/h1-3,5H,4H2,(H,9,10,11). The largest absolute Gasteiger partial charge is 0.293 e. The van der Waals surface area contributed by atoms with Gasteiger partial charge in [0, 0.05) is 0 Å². The van der Waals surface area contributed by atoms with E-state index in [1.165, 1.54) is 17.7 Å². The molecule has 4 nitrogen and oxygen atoms in total. The Hall–Kier alpha value is -1.49. The molecule has 0 aliphatic heterocycles. The molecule has 0 saturated carbocycles. The highest BCUT2D eigenvalue weighted by atomic mass is 32.1. The summed E-state index contributed by atoms with van der Waals surface area (Å²) in [5, 5.41) is 8.26. The first-order valence-corrected chi connectivity index (χ1v) is 4.65. The fourth-order valence-corrected chi connectivity index (χ4v) is 1.65. The van der Waals surface area contributed by atoms with Gasteiger partial charge in [-0.15, -0.1) is 11.3 Å². The van der Waals surface area contributed by atoms with Crippen molar-refractivity contribution in [3.63, 3.8) is 0 Å². The Morgan fingerprint density at radius 2 is 2.54 bits per heavy atom. The molecule has 0 aliphatic carbocycles. The van der Waals surface area contributed by atoms with Crippen molar-refractivity contribution in [3.05, 3.63) is 34.5 Å². The second-order valence-corrected chi connectivity index (χ2v) is 3.44. The van der Waals surface area contributed by atoms with Gasteiger partial charge in [0.25, 0.3) is 0 Å². The van der Waals surface area contributed by atoms with E-state index < -0.39 is 0 Å². The summed E-state index contributed by atoms with van der Waals surface area (Å²) in [5.74, 6) is 0.605. The van der Waals surface area contributed by atoms with Gasteiger partial charge in [-0.3, -0.25) is 9.89 Å². The molecule has 0 atom stereocenters. The van der Waals surface area contributed by atoms with Gasteiger partial charge in [-0.25, -0.2) is 4.98 Å². The molecule has 0 amide bonds. The monoisotopic (exact) mass is 193 g/mol. The molecule has 0 bridgehead atoms. The Balaban J connectivity index is 2.08. The molecule has 0 aromatic carbocycles. The van der Waals surface area contributed by atoms with E-state index in [4.69, 9.17) is 0 Å². The number of nitrogens with one attached hydrogen (secondary N) is 1. The summed E-state index contributed by atoms with van der Waals surface area (Å²) >= 11 is 1.44. The molecule has 0 aliphatic rings. The Labute approximate surface area is 78.6 Å². The van der Waals surface area contributed by atoms with Crippen molar-refractivity contribution in [2.45, 2.75) is 6.42 Å². The van der Waals surface area contributed by atoms with Crippen molar-refractivity contribution in [2.24, 2.45) is 0 Å². The maximum Gasteiger partial charge on any atom is 0.180 e. The number of hydrogen-bond acceptors (Lipinski definition) is 4. The number of aromatic amines is 1. The van der Waals surface area contributed by atoms with Gasteiger partial charge in [-0.1, -0.05) is 6.07 Å². The lowest BCUT2D eigenvalue weighted by Gasteiger charge is -1.91. The number of carbonyl (C=O) groups excluding carboxylic acids is 1. The second kappa shape index (κ2) is 3.49. The van der Waals surface area contributed by atoms with Crippen molar-refractivity contribution in [1.82, 2.24) is 15.2 Å². The molecule has 2 rings (SSSR count). The van der Waals surface area contributed by atoms with Crippen LogP contribution in [0.15, 0.2) is 23.8 Å². The summed E-state index contributed by atoms with van der Waals surface area (Å²) in [7, 11) is 0. The van der Waals surface area contributed by atoms with Gasteiger partial charge in [0.2, 0.25) is 0 Å². The van der Waals surface area contributed by atoms with Crippen molar-refractivity contribution in [1.29, 1.82) is 0 Å². The van der Waals surface area contributed by atoms with Crippen LogP contribution in [-0.4, -0.2) is 21.0 Å². The Morgan fingerprint density at radius 3 is 3.15 bits per heavy atom. The number of nitrogens with zero attached hydrogens (tertiary/aromatic N) is 2. The maximum absolute atomic E-state index is 11.5. The second-order valence-electron chi connectivity index (χ2n) is 2.49. The number of thiophene rings is 1. The summed E-state index contributed by atoms with van der Waals surface area (Å²) in [5.41, 5.74) is 0. The molecule has 2 aromatic rings. The van der Waals surface area contributed by atoms with Gasteiger partial charge < -0.3 is 0 Å². The number of rotatable bonds is 3. The number of Topliss-reactive ketones (excluding diaryl/α,β-unsaturated/α-hetero) is 1. The highest BCUT2D eigenvalue weighted by molar-refractivity contribution is 7.12. The summed E-state index contributed by atoms with van der Waals surface area (Å²) in [4.78, 5) is 16.1. The average molecular weight is 193 g/mol. The lowest BCUT2D eigenvalue weighted by Crippen LogP contribution is -2.02. The van der Waals surface area contributed by atoms with Crippen molar-refractivity contribution in [3.8, 4) is 0 Å². The van der Waals surface area contributed by atoms with Gasteiger partial charge in [0.15, 0.2) is 11.6 Å². The number of H-pyrrole nitrogens is 1. The molecular formula is C8H7N3OS. The molecule has 0 unspecified atom stereocenters. The molecule has 0 saturated heterocycles. The number of hydrogen-bond donors (Lipinski definition) is 1. The van der Waals surface area contributed by atoms with E-state index in [1.807, 2.05) is 11.4 Å². The number of aromatic nitrogens is 3. The first-order chi connectivity index (χ1) is 6.36. The van der Waals surface area contributed by atoms with E-state index >= 15 is 0 Å². The summed E-state index contributed by atoms with van der Waals surface area (Å²) in [6.07, 6.45) is 1.74. The molecule has 5 heteroatoms. The molecule has 13 heavy (non-hydrogen) atoms. The highest BCUT2D eigenvalue weighted by Crippen LogP contribution is 2.10. The molecule has 2 aromatic heterocycles. The van der Waals surface area contributed by atoms with Crippen LogP contribution in [0.3, 0.4) is 0 Å². The van der Waals surface area contributed by atoms with Crippen LogP contribution in [-0.2, 0) is 6.42 Å². The van der Waals surface area contributed by atoms with Crippen LogP contribution < -0.4 is 0 Å². The van der Waals surface area contributed by atoms with Gasteiger partial charge >= 0.3 is 0 Å². The molecular weight excluding hydrogens is 186 g/mol. The van der Waals surface area contributed by atoms with E-state index in [1.54, 1.807) is 6.07 Å². The van der Waals surface area contributed by atoms with E-state index in [9.17, 15) is 4.79 Å². The zero-order valence-corrected chi connectivity index (χ0v) is 7.54. The summed E-state index contributed by atoms with van der Waals surface area (Å²) in [6.45, 7) is 0. The third-order valence-electron chi connectivity index (χ3n) is 1.58. The quantitative estimate of drug-likeness (QED) is 0.747.